The van der Waals surface area contributed by atoms with Crippen LogP contribution in [0.4, 0.5) is 5.69 Å². The van der Waals surface area contributed by atoms with E-state index in [1.165, 1.54) is 5.56 Å². The van der Waals surface area contributed by atoms with E-state index < -0.39 is 11.0 Å². The standard InChI is InChI=1S/C28H27N5O2/c1-15-11-18-22-19(12-15)28(20(13-29)23(30)35-24-21(28)16(2)31-32-24)25(34)33(22)26(3,4)14-27(18,5)17-9-7-6-8-10-17/h6-12H,14,30H2,1-5H3,(H,31,32). The van der Waals surface area contributed by atoms with Gasteiger partial charge < -0.3 is 15.4 Å². The van der Waals surface area contributed by atoms with Crippen LogP contribution in [-0.2, 0) is 15.6 Å². The minimum atomic E-state index is -1.42. The Labute approximate surface area is 204 Å². The average Bonchev–Trinajstić information content (AvgIpc) is 3.29. The quantitative estimate of drug-likeness (QED) is 0.559. The predicted molar refractivity (Wildman–Crippen MR) is 132 cm³/mol. The van der Waals surface area contributed by atoms with E-state index in [4.69, 9.17) is 10.5 Å². The number of fused-ring (bicyclic) bond motifs is 3. The maximum absolute atomic E-state index is 14.7. The molecule has 6 rings (SSSR count). The number of nitrogens with two attached hydrogens (primary N) is 1. The Hall–Kier alpha value is -4.05. The van der Waals surface area contributed by atoms with Crippen LogP contribution in [0, 0.1) is 25.2 Å². The van der Waals surface area contributed by atoms with Crippen molar-refractivity contribution < 1.29 is 9.53 Å². The first-order valence-electron chi connectivity index (χ1n) is 11.8. The number of nitrogens with one attached hydrogen (secondary N) is 1. The normalized spacial score (nSPS) is 25.8. The van der Waals surface area contributed by atoms with E-state index in [9.17, 15) is 10.1 Å². The summed E-state index contributed by atoms with van der Waals surface area (Å²) in [6.07, 6.45) is 0.719. The summed E-state index contributed by atoms with van der Waals surface area (Å²) in [5.41, 5.74) is 10.2. The van der Waals surface area contributed by atoms with Crippen LogP contribution < -0.4 is 15.4 Å². The number of nitrogens with zero attached hydrogens (tertiary/aromatic N) is 3. The summed E-state index contributed by atoms with van der Waals surface area (Å²) in [5, 5.41) is 17.6. The molecule has 2 aromatic carbocycles. The van der Waals surface area contributed by atoms with Crippen LogP contribution in [0.1, 0.15) is 60.7 Å². The molecule has 0 fully saturated rings. The molecule has 7 heteroatoms. The molecule has 7 nitrogen and oxygen atoms in total. The van der Waals surface area contributed by atoms with Crippen LogP contribution in [-0.4, -0.2) is 21.6 Å². The highest BCUT2D eigenvalue weighted by molar-refractivity contribution is 6.16. The Balaban J connectivity index is 1.79. The third-order valence-corrected chi connectivity index (χ3v) is 8.03. The van der Waals surface area contributed by atoms with E-state index in [2.05, 4.69) is 67.4 Å². The first-order valence-corrected chi connectivity index (χ1v) is 11.8. The van der Waals surface area contributed by atoms with Crippen LogP contribution in [0.5, 0.6) is 5.88 Å². The van der Waals surface area contributed by atoms with Gasteiger partial charge in [0, 0.05) is 22.2 Å². The number of amides is 1. The van der Waals surface area contributed by atoms with Gasteiger partial charge in [-0.3, -0.25) is 9.89 Å². The fourth-order valence-corrected chi connectivity index (χ4v) is 6.80. The highest BCUT2D eigenvalue weighted by atomic mass is 16.5. The monoisotopic (exact) mass is 465 g/mol. The van der Waals surface area contributed by atoms with Gasteiger partial charge in [0.2, 0.25) is 17.7 Å². The molecule has 0 bridgehead atoms. The lowest BCUT2D eigenvalue weighted by Crippen LogP contribution is -2.57. The van der Waals surface area contributed by atoms with Gasteiger partial charge in [-0.15, -0.1) is 5.10 Å². The Morgan fingerprint density at radius 3 is 2.51 bits per heavy atom. The van der Waals surface area contributed by atoms with Crippen molar-refractivity contribution in [2.75, 3.05) is 4.90 Å². The lowest BCUT2D eigenvalue weighted by molar-refractivity contribution is -0.122. The molecule has 1 amide bonds. The number of aromatic nitrogens is 2. The number of ether oxygens (including phenoxy) is 1. The summed E-state index contributed by atoms with van der Waals surface area (Å²) >= 11 is 0. The number of carbonyl (C=O) groups excluding carboxylic acids is 1. The number of H-pyrrole nitrogens is 1. The van der Waals surface area contributed by atoms with Gasteiger partial charge in [0.15, 0.2) is 0 Å². The highest BCUT2D eigenvalue weighted by Gasteiger charge is 2.65. The van der Waals surface area contributed by atoms with Crippen molar-refractivity contribution in [2.45, 2.75) is 57.4 Å². The molecule has 1 aromatic heterocycles. The number of aromatic amines is 1. The number of nitriles is 1. The fourth-order valence-electron chi connectivity index (χ4n) is 6.80. The van der Waals surface area contributed by atoms with Crippen molar-refractivity contribution in [3.05, 3.63) is 87.4 Å². The second-order valence-corrected chi connectivity index (χ2v) is 10.8. The molecule has 3 N–H and O–H groups in total. The summed E-state index contributed by atoms with van der Waals surface area (Å²) in [7, 11) is 0. The summed E-state index contributed by atoms with van der Waals surface area (Å²) in [4.78, 5) is 16.6. The second-order valence-electron chi connectivity index (χ2n) is 10.8. The molecular formula is C28H27N5O2. The van der Waals surface area contributed by atoms with Gasteiger partial charge in [-0.1, -0.05) is 55.0 Å². The number of aryl methyl sites for hydroxylation is 2. The van der Waals surface area contributed by atoms with E-state index in [0.717, 1.165) is 28.8 Å². The Bertz CT molecular complexity index is 1510. The number of benzene rings is 2. The van der Waals surface area contributed by atoms with Crippen molar-refractivity contribution in [3.63, 3.8) is 0 Å². The van der Waals surface area contributed by atoms with Gasteiger partial charge >= 0.3 is 0 Å². The number of hydrogen-bond acceptors (Lipinski definition) is 5. The zero-order chi connectivity index (χ0) is 24.9. The van der Waals surface area contributed by atoms with Crippen LogP contribution in [0.15, 0.2) is 53.9 Å². The molecule has 2 atom stereocenters. The molecule has 2 unspecified atom stereocenters. The molecule has 0 aliphatic carbocycles. The largest absolute Gasteiger partial charge is 0.420 e. The third-order valence-electron chi connectivity index (χ3n) is 8.03. The van der Waals surface area contributed by atoms with E-state index in [1.54, 1.807) is 0 Å². The minimum Gasteiger partial charge on any atom is -0.420 e. The zero-order valence-electron chi connectivity index (χ0n) is 20.5. The molecule has 1 spiro atoms. The van der Waals surface area contributed by atoms with Gasteiger partial charge in [-0.05, 0) is 45.2 Å². The van der Waals surface area contributed by atoms with E-state index in [-0.39, 0.29) is 28.7 Å². The Kier molecular flexibility index (Phi) is 4.01. The molecule has 4 heterocycles. The number of rotatable bonds is 1. The maximum Gasteiger partial charge on any atom is 0.248 e. The van der Waals surface area contributed by atoms with Crippen molar-refractivity contribution >= 4 is 11.6 Å². The summed E-state index contributed by atoms with van der Waals surface area (Å²) in [6.45, 7) is 10.3. The van der Waals surface area contributed by atoms with E-state index in [0.29, 0.717) is 11.3 Å². The molecular weight excluding hydrogens is 438 g/mol. The van der Waals surface area contributed by atoms with Gasteiger partial charge in [0.1, 0.15) is 17.1 Å². The molecule has 176 valence electrons. The average molecular weight is 466 g/mol. The molecule has 35 heavy (non-hydrogen) atoms. The molecule has 3 aliphatic rings. The SMILES string of the molecule is Cc1cc2c3c(c1)C1(C(=O)N3C(C)(C)CC2(C)c2ccccc2)C(C#N)=C(N)Oc2n[nH]c(C)c21. The van der Waals surface area contributed by atoms with E-state index in [1.807, 2.05) is 30.9 Å². The summed E-state index contributed by atoms with van der Waals surface area (Å²) in [6, 6.07) is 16.9. The molecule has 0 saturated heterocycles. The van der Waals surface area contributed by atoms with Crippen LogP contribution >= 0.6 is 0 Å². The third kappa shape index (κ3) is 2.39. The lowest BCUT2D eigenvalue weighted by Gasteiger charge is -2.50. The fraction of sp³-hybridized carbons (Fsp3) is 0.321. The van der Waals surface area contributed by atoms with Crippen LogP contribution in [0.2, 0.25) is 0 Å². The van der Waals surface area contributed by atoms with Crippen molar-refractivity contribution in [1.82, 2.24) is 10.2 Å². The van der Waals surface area contributed by atoms with E-state index >= 15 is 0 Å². The van der Waals surface area contributed by atoms with Gasteiger partial charge in [0.05, 0.1) is 11.3 Å². The zero-order valence-corrected chi connectivity index (χ0v) is 20.5. The van der Waals surface area contributed by atoms with Crippen molar-refractivity contribution in [3.8, 4) is 11.9 Å². The number of hydrogen-bond donors (Lipinski definition) is 2. The Morgan fingerprint density at radius 2 is 1.83 bits per heavy atom. The van der Waals surface area contributed by atoms with Crippen LogP contribution in [0.3, 0.4) is 0 Å². The second kappa shape index (κ2) is 6.54. The first-order chi connectivity index (χ1) is 16.6. The highest BCUT2D eigenvalue weighted by Crippen LogP contribution is 2.63. The van der Waals surface area contributed by atoms with Crippen molar-refractivity contribution in [2.24, 2.45) is 5.73 Å². The predicted octanol–water partition coefficient (Wildman–Crippen LogP) is 4.23. The molecule has 0 saturated carbocycles. The number of carbonyl (C=O) groups is 1. The summed E-state index contributed by atoms with van der Waals surface area (Å²) in [5.74, 6) is -0.0299. The topological polar surface area (TPSA) is 108 Å². The smallest absolute Gasteiger partial charge is 0.248 e. The van der Waals surface area contributed by atoms with Crippen molar-refractivity contribution in [1.29, 1.82) is 5.26 Å². The maximum atomic E-state index is 14.7. The molecule has 0 radical (unpaired) electrons. The number of anilines is 1. The molecule has 3 aromatic rings. The first kappa shape index (κ1) is 21.5. The lowest BCUT2D eigenvalue weighted by atomic mass is 9.64. The van der Waals surface area contributed by atoms with Gasteiger partial charge in [-0.25, -0.2) is 0 Å². The molecule has 3 aliphatic heterocycles. The van der Waals surface area contributed by atoms with Gasteiger partial charge in [0.25, 0.3) is 0 Å². The minimum absolute atomic E-state index is 0.0846. The Morgan fingerprint density at radius 1 is 1.14 bits per heavy atom. The van der Waals surface area contributed by atoms with Gasteiger partial charge in [-0.2, -0.15) is 5.26 Å². The summed E-state index contributed by atoms with van der Waals surface area (Å²) < 4.78 is 5.74. The van der Waals surface area contributed by atoms with Crippen LogP contribution in [0.25, 0.3) is 0 Å².